The summed E-state index contributed by atoms with van der Waals surface area (Å²) in [5.74, 6) is 1.27. The van der Waals surface area contributed by atoms with Crippen LogP contribution in [0.1, 0.15) is 15.9 Å². The molecule has 0 spiro atoms. The highest BCUT2D eigenvalue weighted by Crippen LogP contribution is 2.28. The van der Waals surface area contributed by atoms with Gasteiger partial charge in [-0.25, -0.2) is 9.78 Å². The van der Waals surface area contributed by atoms with E-state index in [1.54, 1.807) is 46.3 Å². The average Bonchev–Trinajstić information content (AvgIpc) is 3.19. The zero-order chi connectivity index (χ0) is 22.5. The van der Waals surface area contributed by atoms with E-state index in [9.17, 15) is 9.59 Å². The Morgan fingerprint density at radius 1 is 1.00 bits per heavy atom. The maximum Gasteiger partial charge on any atom is 0.326 e. The lowest BCUT2D eigenvalue weighted by Gasteiger charge is -2.18. The van der Waals surface area contributed by atoms with Crippen LogP contribution in [0, 0.1) is 0 Å². The van der Waals surface area contributed by atoms with Crippen molar-refractivity contribution in [3.05, 3.63) is 78.0 Å². The van der Waals surface area contributed by atoms with Gasteiger partial charge in [0.25, 0.3) is 5.91 Å². The number of pyridine rings is 1. The molecule has 8 heteroatoms. The van der Waals surface area contributed by atoms with E-state index >= 15 is 0 Å². The fourth-order valence-electron chi connectivity index (χ4n) is 3.55. The fourth-order valence-corrected chi connectivity index (χ4v) is 3.55. The normalized spacial score (nSPS) is 13.2. The topological polar surface area (TPSA) is 84.0 Å². The summed E-state index contributed by atoms with van der Waals surface area (Å²) in [5, 5.41) is 2.81. The van der Waals surface area contributed by atoms with Gasteiger partial charge in [-0.05, 0) is 35.9 Å². The van der Waals surface area contributed by atoms with Crippen molar-refractivity contribution >= 4 is 23.4 Å². The Morgan fingerprint density at radius 2 is 1.78 bits per heavy atom. The highest BCUT2D eigenvalue weighted by molar-refractivity contribution is 6.04. The van der Waals surface area contributed by atoms with E-state index in [2.05, 4.69) is 10.3 Å². The van der Waals surface area contributed by atoms with Gasteiger partial charge in [-0.1, -0.05) is 30.3 Å². The van der Waals surface area contributed by atoms with Crippen LogP contribution in [0.15, 0.2) is 66.9 Å². The quantitative estimate of drug-likeness (QED) is 0.614. The molecule has 2 aromatic carbocycles. The molecule has 1 saturated heterocycles. The maximum atomic E-state index is 12.8. The lowest BCUT2D eigenvalue weighted by Crippen LogP contribution is -2.31. The Balaban J connectivity index is 1.40. The van der Waals surface area contributed by atoms with Gasteiger partial charge in [0.2, 0.25) is 0 Å². The number of urea groups is 1. The van der Waals surface area contributed by atoms with Gasteiger partial charge in [0.05, 0.1) is 26.1 Å². The predicted molar refractivity (Wildman–Crippen MR) is 121 cm³/mol. The fraction of sp³-hybridized carbons (Fsp3) is 0.208. The lowest BCUT2D eigenvalue weighted by molar-refractivity contribution is 0.102. The molecule has 1 aliphatic rings. The van der Waals surface area contributed by atoms with Gasteiger partial charge in [-0.3, -0.25) is 9.69 Å². The Morgan fingerprint density at radius 3 is 2.47 bits per heavy atom. The molecule has 3 aromatic rings. The predicted octanol–water partition coefficient (Wildman–Crippen LogP) is 3.79. The van der Waals surface area contributed by atoms with Crippen LogP contribution in [0.5, 0.6) is 11.5 Å². The second-order valence-corrected chi connectivity index (χ2v) is 7.27. The first-order valence-electron chi connectivity index (χ1n) is 10.2. The number of carbonyl (C=O) groups is 2. The molecule has 1 aromatic heterocycles. The highest BCUT2D eigenvalue weighted by atomic mass is 16.5. The molecule has 8 nitrogen and oxygen atoms in total. The number of nitrogens with zero attached hydrogens (tertiary/aromatic N) is 3. The molecule has 1 aliphatic heterocycles. The molecule has 0 bridgehead atoms. The minimum Gasteiger partial charge on any atom is -0.493 e. The third-order valence-corrected chi connectivity index (χ3v) is 5.24. The molecule has 1 N–H and O–H groups in total. The molecule has 0 unspecified atom stereocenters. The SMILES string of the molecule is COc1ccc(C(=O)Nc2ccc(N3CCN(Cc4ccccc4)C3=O)nc2)cc1OC. The molecule has 32 heavy (non-hydrogen) atoms. The van der Waals surface area contributed by atoms with Crippen molar-refractivity contribution in [1.82, 2.24) is 9.88 Å². The van der Waals surface area contributed by atoms with E-state index < -0.39 is 0 Å². The largest absolute Gasteiger partial charge is 0.493 e. The number of hydrogen-bond donors (Lipinski definition) is 1. The zero-order valence-corrected chi connectivity index (χ0v) is 17.9. The van der Waals surface area contributed by atoms with E-state index in [1.165, 1.54) is 14.2 Å². The first-order chi connectivity index (χ1) is 15.6. The summed E-state index contributed by atoms with van der Waals surface area (Å²) in [6.07, 6.45) is 1.54. The molecule has 2 heterocycles. The standard InChI is InChI=1S/C24H24N4O4/c1-31-20-10-8-18(14-21(20)32-2)23(29)26-19-9-11-22(25-15-19)28-13-12-27(24(28)30)16-17-6-4-3-5-7-17/h3-11,14-15H,12-13,16H2,1-2H3,(H,26,29). The van der Waals surface area contributed by atoms with Gasteiger partial charge in [-0.2, -0.15) is 0 Å². The smallest absolute Gasteiger partial charge is 0.326 e. The van der Waals surface area contributed by atoms with Crippen molar-refractivity contribution in [1.29, 1.82) is 0 Å². The van der Waals surface area contributed by atoms with Crippen molar-refractivity contribution in [3.8, 4) is 11.5 Å². The van der Waals surface area contributed by atoms with Crippen molar-refractivity contribution in [2.75, 3.05) is 37.5 Å². The first-order valence-corrected chi connectivity index (χ1v) is 10.2. The molecule has 3 amide bonds. The molecule has 1 fully saturated rings. The summed E-state index contributed by atoms with van der Waals surface area (Å²) < 4.78 is 10.4. The van der Waals surface area contributed by atoms with E-state index in [0.717, 1.165) is 5.56 Å². The number of benzene rings is 2. The average molecular weight is 432 g/mol. The van der Waals surface area contributed by atoms with Gasteiger partial charge < -0.3 is 19.7 Å². The molecule has 4 rings (SSSR count). The van der Waals surface area contributed by atoms with E-state index in [4.69, 9.17) is 9.47 Å². The number of hydrogen-bond acceptors (Lipinski definition) is 5. The van der Waals surface area contributed by atoms with Gasteiger partial charge in [0.1, 0.15) is 5.82 Å². The summed E-state index contributed by atoms with van der Waals surface area (Å²) in [7, 11) is 3.06. The number of methoxy groups -OCH3 is 2. The van der Waals surface area contributed by atoms with Gasteiger partial charge in [0.15, 0.2) is 11.5 Å². The number of carbonyl (C=O) groups excluding carboxylic acids is 2. The number of aromatic nitrogens is 1. The van der Waals surface area contributed by atoms with Crippen molar-refractivity contribution in [2.45, 2.75) is 6.54 Å². The van der Waals surface area contributed by atoms with Gasteiger partial charge >= 0.3 is 6.03 Å². The van der Waals surface area contributed by atoms with Crippen LogP contribution in [0.25, 0.3) is 0 Å². The third-order valence-electron chi connectivity index (χ3n) is 5.24. The molecule has 164 valence electrons. The monoisotopic (exact) mass is 432 g/mol. The molecular weight excluding hydrogens is 408 g/mol. The number of rotatable bonds is 7. The van der Waals surface area contributed by atoms with Crippen LogP contribution >= 0.6 is 0 Å². The molecular formula is C24H24N4O4. The van der Waals surface area contributed by atoms with Crippen LogP contribution in [-0.4, -0.2) is 49.1 Å². The second-order valence-electron chi connectivity index (χ2n) is 7.27. The third kappa shape index (κ3) is 4.49. The molecule has 0 radical (unpaired) electrons. The summed E-state index contributed by atoms with van der Waals surface area (Å²) >= 11 is 0. The van der Waals surface area contributed by atoms with Crippen LogP contribution in [-0.2, 0) is 6.54 Å². The summed E-state index contributed by atoms with van der Waals surface area (Å²) in [4.78, 5) is 33.2. The zero-order valence-electron chi connectivity index (χ0n) is 17.9. The van der Waals surface area contributed by atoms with Gasteiger partial charge in [-0.15, -0.1) is 0 Å². The van der Waals surface area contributed by atoms with Crippen LogP contribution in [0.2, 0.25) is 0 Å². The summed E-state index contributed by atoms with van der Waals surface area (Å²) in [5.41, 5.74) is 2.04. The maximum absolute atomic E-state index is 12.8. The van der Waals surface area contributed by atoms with Crippen molar-refractivity contribution < 1.29 is 19.1 Å². The van der Waals surface area contributed by atoms with E-state index in [-0.39, 0.29) is 11.9 Å². The Labute approximate surface area is 186 Å². The number of amides is 3. The van der Waals surface area contributed by atoms with Crippen LogP contribution in [0.4, 0.5) is 16.3 Å². The summed E-state index contributed by atoms with van der Waals surface area (Å²) in [6, 6.07) is 18.2. The lowest BCUT2D eigenvalue weighted by atomic mass is 10.2. The highest BCUT2D eigenvalue weighted by Gasteiger charge is 2.30. The molecule has 0 aliphatic carbocycles. The molecule has 0 atom stereocenters. The van der Waals surface area contributed by atoms with E-state index in [0.29, 0.717) is 48.2 Å². The first kappa shape index (κ1) is 21.2. The Kier molecular flexibility index (Phi) is 6.21. The van der Waals surface area contributed by atoms with Crippen molar-refractivity contribution in [2.24, 2.45) is 0 Å². The minimum absolute atomic E-state index is 0.0801. The van der Waals surface area contributed by atoms with Crippen LogP contribution < -0.4 is 19.7 Å². The minimum atomic E-state index is -0.299. The number of anilines is 2. The molecule has 0 saturated carbocycles. The number of ether oxygens (including phenoxy) is 2. The second kappa shape index (κ2) is 9.38. The van der Waals surface area contributed by atoms with Crippen molar-refractivity contribution in [3.63, 3.8) is 0 Å². The van der Waals surface area contributed by atoms with Crippen LogP contribution in [0.3, 0.4) is 0 Å². The van der Waals surface area contributed by atoms with Gasteiger partial charge in [0, 0.05) is 25.2 Å². The van der Waals surface area contributed by atoms with E-state index in [1.807, 2.05) is 30.3 Å². The Hall–Kier alpha value is -4.07. The number of nitrogens with one attached hydrogen (secondary N) is 1. The Bertz CT molecular complexity index is 1100. The summed E-state index contributed by atoms with van der Waals surface area (Å²) in [6.45, 7) is 1.76.